The molecule has 96 valence electrons. The largest absolute Gasteiger partial charge is 0.493 e. The number of ether oxygens (including phenoxy) is 1. The minimum absolute atomic E-state index is 0.0215. The van der Waals surface area contributed by atoms with E-state index in [1.54, 1.807) is 17.0 Å². The third-order valence-corrected chi connectivity index (χ3v) is 2.81. The van der Waals surface area contributed by atoms with E-state index in [1.807, 2.05) is 12.1 Å². The van der Waals surface area contributed by atoms with Gasteiger partial charge in [-0.05, 0) is 30.7 Å². The Balaban J connectivity index is 1.93. The van der Waals surface area contributed by atoms with Gasteiger partial charge in [0.05, 0.1) is 13.0 Å². The van der Waals surface area contributed by atoms with Crippen molar-refractivity contribution in [2.45, 2.75) is 19.3 Å². The van der Waals surface area contributed by atoms with Gasteiger partial charge < -0.3 is 14.7 Å². The van der Waals surface area contributed by atoms with Crippen LogP contribution in [0.5, 0.6) is 5.75 Å². The highest BCUT2D eigenvalue weighted by molar-refractivity contribution is 5.95. The normalized spacial score (nSPS) is 14.9. The Kier molecular flexibility index (Phi) is 3.82. The molecular weight excluding hydrogens is 234 g/mol. The van der Waals surface area contributed by atoms with E-state index in [2.05, 4.69) is 0 Å². The number of benzene rings is 1. The van der Waals surface area contributed by atoms with Crippen LogP contribution in [0.1, 0.15) is 19.3 Å². The van der Waals surface area contributed by atoms with Crippen molar-refractivity contribution in [3.8, 4) is 5.75 Å². The Bertz CT molecular complexity index is 441. The summed E-state index contributed by atoms with van der Waals surface area (Å²) in [6, 6.07) is 7.14. The van der Waals surface area contributed by atoms with Gasteiger partial charge in [0.25, 0.3) is 0 Å². The Labute approximate surface area is 105 Å². The summed E-state index contributed by atoms with van der Waals surface area (Å²) >= 11 is 0. The molecule has 2 rings (SSSR count). The summed E-state index contributed by atoms with van der Waals surface area (Å²) in [5.74, 6) is -0.115. The third kappa shape index (κ3) is 3.00. The molecule has 0 unspecified atom stereocenters. The lowest BCUT2D eigenvalue weighted by Crippen LogP contribution is -2.23. The van der Waals surface area contributed by atoms with Crippen molar-refractivity contribution in [2.75, 3.05) is 18.1 Å². The van der Waals surface area contributed by atoms with Crippen molar-refractivity contribution in [1.29, 1.82) is 0 Å². The van der Waals surface area contributed by atoms with Crippen LogP contribution >= 0.6 is 0 Å². The van der Waals surface area contributed by atoms with Gasteiger partial charge in [-0.1, -0.05) is 0 Å². The number of carboxylic acids is 1. The number of anilines is 1. The predicted molar refractivity (Wildman–Crippen MR) is 65.8 cm³/mol. The zero-order valence-electron chi connectivity index (χ0n) is 9.96. The molecule has 1 aromatic carbocycles. The molecule has 1 amide bonds. The van der Waals surface area contributed by atoms with Crippen LogP contribution in [0, 0.1) is 0 Å². The smallest absolute Gasteiger partial charge is 0.306 e. The van der Waals surface area contributed by atoms with Gasteiger partial charge in [0, 0.05) is 18.7 Å². The summed E-state index contributed by atoms with van der Waals surface area (Å²) in [7, 11) is 0. The Morgan fingerprint density at radius 3 is 2.61 bits per heavy atom. The first kappa shape index (κ1) is 12.4. The van der Waals surface area contributed by atoms with Crippen LogP contribution in [0.25, 0.3) is 0 Å². The van der Waals surface area contributed by atoms with E-state index in [-0.39, 0.29) is 18.9 Å². The molecule has 1 N–H and O–H groups in total. The monoisotopic (exact) mass is 249 g/mol. The lowest BCUT2D eigenvalue weighted by molar-refractivity contribution is -0.137. The number of carbonyl (C=O) groups is 2. The zero-order valence-corrected chi connectivity index (χ0v) is 9.96. The first-order chi connectivity index (χ1) is 8.66. The predicted octanol–water partition coefficient (Wildman–Crippen LogP) is 1.67. The quantitative estimate of drug-likeness (QED) is 0.861. The molecule has 0 spiro atoms. The van der Waals surface area contributed by atoms with E-state index in [9.17, 15) is 9.59 Å². The van der Waals surface area contributed by atoms with Crippen molar-refractivity contribution < 1.29 is 19.4 Å². The molecule has 0 radical (unpaired) electrons. The highest BCUT2D eigenvalue weighted by Crippen LogP contribution is 2.23. The summed E-state index contributed by atoms with van der Waals surface area (Å²) in [4.78, 5) is 23.6. The first-order valence-electron chi connectivity index (χ1n) is 5.92. The summed E-state index contributed by atoms with van der Waals surface area (Å²) < 4.78 is 5.28. The Morgan fingerprint density at radius 1 is 1.33 bits per heavy atom. The van der Waals surface area contributed by atoms with E-state index < -0.39 is 5.97 Å². The minimum atomic E-state index is -0.880. The fourth-order valence-corrected chi connectivity index (χ4v) is 1.90. The van der Waals surface area contributed by atoms with Crippen LogP contribution in [0.3, 0.4) is 0 Å². The number of amides is 1. The van der Waals surface area contributed by atoms with Crippen molar-refractivity contribution in [3.63, 3.8) is 0 Å². The molecule has 0 aromatic heterocycles. The SMILES string of the molecule is O=C(O)CCOc1ccc(N2CCCC2=O)cc1. The van der Waals surface area contributed by atoms with Crippen LogP contribution in [0.4, 0.5) is 5.69 Å². The molecule has 5 heteroatoms. The van der Waals surface area contributed by atoms with Gasteiger partial charge >= 0.3 is 5.97 Å². The summed E-state index contributed by atoms with van der Waals surface area (Å²) in [6.07, 6.45) is 1.49. The summed E-state index contributed by atoms with van der Waals surface area (Å²) in [5.41, 5.74) is 0.864. The zero-order chi connectivity index (χ0) is 13.0. The second-order valence-corrected chi connectivity index (χ2v) is 4.14. The van der Waals surface area contributed by atoms with Crippen LogP contribution in [0.15, 0.2) is 24.3 Å². The van der Waals surface area contributed by atoms with Gasteiger partial charge in [0.2, 0.25) is 5.91 Å². The number of carboxylic acid groups (broad SMARTS) is 1. The maximum atomic E-state index is 11.5. The average molecular weight is 249 g/mol. The van der Waals surface area contributed by atoms with Crippen molar-refractivity contribution >= 4 is 17.6 Å². The molecule has 0 aliphatic carbocycles. The molecule has 5 nitrogen and oxygen atoms in total. The molecule has 1 heterocycles. The second kappa shape index (κ2) is 5.53. The van der Waals surface area contributed by atoms with Gasteiger partial charge in [0.15, 0.2) is 0 Å². The maximum absolute atomic E-state index is 11.5. The fraction of sp³-hybridized carbons (Fsp3) is 0.385. The maximum Gasteiger partial charge on any atom is 0.306 e. The molecular formula is C13H15NO4. The molecule has 1 aromatic rings. The number of aliphatic carboxylic acids is 1. The molecule has 0 saturated carbocycles. The van der Waals surface area contributed by atoms with E-state index in [1.165, 1.54) is 0 Å². The topological polar surface area (TPSA) is 66.8 Å². The standard InChI is InChI=1S/C13H15NO4/c15-12-2-1-8-14(12)10-3-5-11(6-4-10)18-9-7-13(16)17/h3-6H,1-2,7-9H2,(H,16,17). The average Bonchev–Trinajstić information content (AvgIpc) is 2.76. The van der Waals surface area contributed by atoms with E-state index in [4.69, 9.17) is 9.84 Å². The van der Waals surface area contributed by atoms with Gasteiger partial charge in [0.1, 0.15) is 5.75 Å². The molecule has 18 heavy (non-hydrogen) atoms. The highest BCUT2D eigenvalue weighted by atomic mass is 16.5. The molecule has 0 atom stereocenters. The lowest BCUT2D eigenvalue weighted by atomic mass is 10.3. The van der Waals surface area contributed by atoms with Gasteiger partial charge in [-0.25, -0.2) is 0 Å². The highest BCUT2D eigenvalue weighted by Gasteiger charge is 2.21. The van der Waals surface area contributed by atoms with Crippen LogP contribution in [0.2, 0.25) is 0 Å². The van der Waals surface area contributed by atoms with Crippen molar-refractivity contribution in [1.82, 2.24) is 0 Å². The van der Waals surface area contributed by atoms with E-state index >= 15 is 0 Å². The van der Waals surface area contributed by atoms with Gasteiger partial charge in [-0.3, -0.25) is 9.59 Å². The Hall–Kier alpha value is -2.04. The second-order valence-electron chi connectivity index (χ2n) is 4.14. The van der Waals surface area contributed by atoms with Crippen LogP contribution in [-0.4, -0.2) is 30.1 Å². The first-order valence-corrected chi connectivity index (χ1v) is 5.92. The van der Waals surface area contributed by atoms with Crippen LogP contribution in [-0.2, 0) is 9.59 Å². The van der Waals surface area contributed by atoms with Gasteiger partial charge in [-0.15, -0.1) is 0 Å². The van der Waals surface area contributed by atoms with Crippen LogP contribution < -0.4 is 9.64 Å². The minimum Gasteiger partial charge on any atom is -0.493 e. The molecule has 1 aliphatic rings. The van der Waals surface area contributed by atoms with Crippen molar-refractivity contribution in [2.24, 2.45) is 0 Å². The number of carbonyl (C=O) groups excluding carboxylic acids is 1. The molecule has 0 bridgehead atoms. The van der Waals surface area contributed by atoms with E-state index in [0.717, 1.165) is 18.7 Å². The van der Waals surface area contributed by atoms with Gasteiger partial charge in [-0.2, -0.15) is 0 Å². The fourth-order valence-electron chi connectivity index (χ4n) is 1.90. The summed E-state index contributed by atoms with van der Waals surface area (Å²) in [6.45, 7) is 0.912. The molecule has 1 aliphatic heterocycles. The number of rotatable bonds is 5. The summed E-state index contributed by atoms with van der Waals surface area (Å²) in [5, 5.41) is 8.48. The lowest BCUT2D eigenvalue weighted by Gasteiger charge is -2.15. The van der Waals surface area contributed by atoms with E-state index in [0.29, 0.717) is 12.2 Å². The number of nitrogens with zero attached hydrogens (tertiary/aromatic N) is 1. The Morgan fingerprint density at radius 2 is 2.06 bits per heavy atom. The molecule has 1 saturated heterocycles. The van der Waals surface area contributed by atoms with Crippen molar-refractivity contribution in [3.05, 3.63) is 24.3 Å². The number of hydrogen-bond donors (Lipinski definition) is 1. The molecule has 1 fully saturated rings. The third-order valence-electron chi connectivity index (χ3n) is 2.81. The number of hydrogen-bond acceptors (Lipinski definition) is 3.